The first kappa shape index (κ1) is 14.5. The number of alkyl halides is 3. The molecule has 0 aliphatic rings. The lowest BCUT2D eigenvalue weighted by Gasteiger charge is -2.05. The summed E-state index contributed by atoms with van der Waals surface area (Å²) in [5.41, 5.74) is 0.272. The molecule has 18 heavy (non-hydrogen) atoms. The molecule has 1 aromatic heterocycles. The Hall–Kier alpha value is -1.57. The molecule has 0 radical (unpaired) electrons. The Morgan fingerprint density at radius 3 is 2.61 bits per heavy atom. The molecule has 1 N–H and O–H groups in total. The maximum atomic E-state index is 11.8. The van der Waals surface area contributed by atoms with Gasteiger partial charge in [-0.1, -0.05) is 6.92 Å². The molecule has 0 saturated carbocycles. The monoisotopic (exact) mass is 267 g/mol. The van der Waals surface area contributed by atoms with Gasteiger partial charge >= 0.3 is 12.1 Å². The van der Waals surface area contributed by atoms with Crippen LogP contribution in [-0.2, 0) is 17.6 Å². The Morgan fingerprint density at radius 2 is 2.17 bits per heavy atom. The molecule has 0 saturated heterocycles. The number of aryl methyl sites for hydroxylation is 1. The van der Waals surface area contributed by atoms with Crippen LogP contribution in [0.25, 0.3) is 0 Å². The fourth-order valence-corrected chi connectivity index (χ4v) is 1.26. The van der Waals surface area contributed by atoms with Gasteiger partial charge in [0.05, 0.1) is 12.3 Å². The lowest BCUT2D eigenvalue weighted by atomic mass is 10.3. The fraction of sp³-hybridized carbons (Fsp3) is 0.600. The van der Waals surface area contributed by atoms with E-state index in [0.717, 1.165) is 0 Å². The van der Waals surface area contributed by atoms with E-state index in [9.17, 15) is 18.0 Å². The summed E-state index contributed by atoms with van der Waals surface area (Å²) < 4.78 is 44.6. The van der Waals surface area contributed by atoms with Gasteiger partial charge in [0, 0.05) is 6.42 Å². The molecule has 5 nitrogen and oxygen atoms in total. The van der Waals surface area contributed by atoms with Crippen LogP contribution in [0.5, 0.6) is 0 Å². The van der Waals surface area contributed by atoms with Gasteiger partial charge in [-0.15, -0.1) is 0 Å². The molecule has 102 valence electrons. The van der Waals surface area contributed by atoms with Crippen LogP contribution in [-0.4, -0.2) is 35.4 Å². The van der Waals surface area contributed by atoms with Crippen LogP contribution in [0.15, 0.2) is 4.42 Å². The first-order chi connectivity index (χ1) is 8.33. The number of carboxylic acids is 1. The molecule has 0 aromatic carbocycles. The predicted molar refractivity (Wildman–Crippen MR) is 53.4 cm³/mol. The van der Waals surface area contributed by atoms with Gasteiger partial charge in [-0.3, -0.25) is 0 Å². The minimum absolute atomic E-state index is 0.00361. The van der Waals surface area contributed by atoms with Gasteiger partial charge in [0.25, 0.3) is 0 Å². The highest BCUT2D eigenvalue weighted by Crippen LogP contribution is 2.15. The van der Waals surface area contributed by atoms with E-state index in [2.05, 4.69) is 9.72 Å². The third-order valence-electron chi connectivity index (χ3n) is 2.00. The summed E-state index contributed by atoms with van der Waals surface area (Å²) in [6.45, 7) is 0.122. The average molecular weight is 267 g/mol. The summed E-state index contributed by atoms with van der Waals surface area (Å²) in [6.07, 6.45) is -4.01. The number of hydrogen-bond acceptors (Lipinski definition) is 4. The summed E-state index contributed by atoms with van der Waals surface area (Å²) in [5, 5.41) is 8.77. The van der Waals surface area contributed by atoms with Crippen molar-refractivity contribution >= 4 is 5.97 Å². The van der Waals surface area contributed by atoms with Crippen molar-refractivity contribution in [3.05, 3.63) is 17.3 Å². The molecule has 1 heterocycles. The van der Waals surface area contributed by atoms with E-state index in [1.54, 1.807) is 6.92 Å². The smallest absolute Gasteiger partial charge is 0.411 e. The molecule has 1 rings (SSSR count). The lowest BCUT2D eigenvalue weighted by molar-refractivity contribution is -0.173. The zero-order valence-corrected chi connectivity index (χ0v) is 9.58. The summed E-state index contributed by atoms with van der Waals surface area (Å²) in [7, 11) is 0. The van der Waals surface area contributed by atoms with Gasteiger partial charge in [0.2, 0.25) is 5.76 Å². The SMILES string of the molecule is CCc1nc(CCOCC(F)(F)F)oc1C(=O)O. The third-order valence-corrected chi connectivity index (χ3v) is 2.00. The summed E-state index contributed by atoms with van der Waals surface area (Å²) in [6, 6.07) is 0. The largest absolute Gasteiger partial charge is 0.475 e. The van der Waals surface area contributed by atoms with Crippen molar-refractivity contribution in [1.29, 1.82) is 0 Å². The standard InChI is InChI=1S/C10H12F3NO4/c1-2-6-8(9(15)16)18-7(14-6)3-4-17-5-10(11,12)13/h2-5H2,1H3,(H,15,16). The van der Waals surface area contributed by atoms with Gasteiger partial charge in [-0.25, -0.2) is 9.78 Å². The van der Waals surface area contributed by atoms with E-state index in [1.165, 1.54) is 0 Å². The average Bonchev–Trinajstić information content (AvgIpc) is 2.66. The van der Waals surface area contributed by atoms with E-state index in [4.69, 9.17) is 9.52 Å². The molecule has 8 heteroatoms. The molecule has 0 bridgehead atoms. The molecule has 0 atom stereocenters. The van der Waals surface area contributed by atoms with E-state index in [1.807, 2.05) is 0 Å². The van der Waals surface area contributed by atoms with Crippen molar-refractivity contribution in [1.82, 2.24) is 4.98 Å². The van der Waals surface area contributed by atoms with E-state index in [-0.39, 0.29) is 30.4 Å². The molecule has 0 fully saturated rings. The second-order valence-electron chi connectivity index (χ2n) is 3.46. The Kier molecular flexibility index (Phi) is 4.71. The van der Waals surface area contributed by atoms with Crippen molar-refractivity contribution in [3.63, 3.8) is 0 Å². The van der Waals surface area contributed by atoms with Crippen LogP contribution in [0.2, 0.25) is 0 Å². The van der Waals surface area contributed by atoms with Crippen LogP contribution < -0.4 is 0 Å². The van der Waals surface area contributed by atoms with Crippen LogP contribution >= 0.6 is 0 Å². The summed E-state index contributed by atoms with van der Waals surface area (Å²) in [4.78, 5) is 14.6. The third kappa shape index (κ3) is 4.36. The van der Waals surface area contributed by atoms with Gasteiger partial charge in [-0.05, 0) is 6.42 Å². The van der Waals surface area contributed by atoms with Crippen molar-refractivity contribution < 1.29 is 32.2 Å². The second-order valence-corrected chi connectivity index (χ2v) is 3.46. The van der Waals surface area contributed by atoms with Crippen molar-refractivity contribution in [2.24, 2.45) is 0 Å². The number of nitrogens with zero attached hydrogens (tertiary/aromatic N) is 1. The molecule has 0 amide bonds. The number of carbonyl (C=O) groups is 1. The summed E-state index contributed by atoms with van der Waals surface area (Å²) in [5.74, 6) is -1.46. The minimum atomic E-state index is -4.38. The highest BCUT2D eigenvalue weighted by molar-refractivity contribution is 5.85. The first-order valence-electron chi connectivity index (χ1n) is 5.20. The number of oxazole rings is 1. The summed E-state index contributed by atoms with van der Waals surface area (Å²) >= 11 is 0. The first-order valence-corrected chi connectivity index (χ1v) is 5.20. The van der Waals surface area contributed by atoms with Gasteiger partial charge in [-0.2, -0.15) is 13.2 Å². The highest BCUT2D eigenvalue weighted by Gasteiger charge is 2.27. The zero-order valence-electron chi connectivity index (χ0n) is 9.58. The number of ether oxygens (including phenoxy) is 1. The van der Waals surface area contributed by atoms with Gasteiger partial charge < -0.3 is 14.3 Å². The maximum absolute atomic E-state index is 11.8. The molecule has 0 aliphatic heterocycles. The van der Waals surface area contributed by atoms with E-state index in [0.29, 0.717) is 6.42 Å². The van der Waals surface area contributed by atoms with Gasteiger partial charge in [0.1, 0.15) is 6.61 Å². The number of carboxylic acid groups (broad SMARTS) is 1. The normalized spacial score (nSPS) is 11.8. The number of aromatic carboxylic acids is 1. The maximum Gasteiger partial charge on any atom is 0.411 e. The van der Waals surface area contributed by atoms with Crippen LogP contribution in [0.3, 0.4) is 0 Å². The van der Waals surface area contributed by atoms with Crippen molar-refractivity contribution in [2.75, 3.05) is 13.2 Å². The number of hydrogen-bond donors (Lipinski definition) is 1. The van der Waals surface area contributed by atoms with Crippen LogP contribution in [0.4, 0.5) is 13.2 Å². The number of halogens is 3. The molecule has 0 aliphatic carbocycles. The molecule has 0 unspecified atom stereocenters. The Labute approximate surface area is 101 Å². The Morgan fingerprint density at radius 1 is 1.50 bits per heavy atom. The Balaban J connectivity index is 2.51. The molecular formula is C10H12F3NO4. The van der Waals surface area contributed by atoms with E-state index < -0.39 is 18.8 Å². The zero-order chi connectivity index (χ0) is 13.8. The number of aromatic nitrogens is 1. The fourth-order valence-electron chi connectivity index (χ4n) is 1.26. The molecular weight excluding hydrogens is 255 g/mol. The second kappa shape index (κ2) is 5.85. The molecule has 0 spiro atoms. The van der Waals surface area contributed by atoms with E-state index >= 15 is 0 Å². The van der Waals surface area contributed by atoms with Gasteiger partial charge in [0.15, 0.2) is 5.89 Å². The lowest BCUT2D eigenvalue weighted by Crippen LogP contribution is -2.18. The quantitative estimate of drug-likeness (QED) is 0.798. The van der Waals surface area contributed by atoms with Crippen LogP contribution in [0, 0.1) is 0 Å². The number of rotatable bonds is 6. The predicted octanol–water partition coefficient (Wildman–Crippen LogP) is 2.06. The minimum Gasteiger partial charge on any atom is -0.475 e. The highest BCUT2D eigenvalue weighted by atomic mass is 19.4. The molecule has 1 aromatic rings. The Bertz CT molecular complexity index is 414. The van der Waals surface area contributed by atoms with Crippen molar-refractivity contribution in [2.45, 2.75) is 25.9 Å². The topological polar surface area (TPSA) is 72.6 Å². The van der Waals surface area contributed by atoms with Crippen molar-refractivity contribution in [3.8, 4) is 0 Å². The van der Waals surface area contributed by atoms with Crippen LogP contribution in [0.1, 0.15) is 29.1 Å².